The van der Waals surface area contributed by atoms with E-state index in [0.717, 1.165) is 6.42 Å². The standard InChI is InChI=1S/C14H23N7/c1-10(2)9-11(3)20(5)13-17-12(15-4)18-14(19-13)21-8-6-7-16-21/h6-8,10-11H,9H2,1-5H3,(H,15,17,18,19). The van der Waals surface area contributed by atoms with Crippen molar-refractivity contribution in [1.29, 1.82) is 0 Å². The third-order valence-electron chi connectivity index (χ3n) is 3.33. The minimum atomic E-state index is 0.350. The molecule has 2 aromatic rings. The van der Waals surface area contributed by atoms with Crippen molar-refractivity contribution >= 4 is 11.9 Å². The molecule has 2 aromatic heterocycles. The first-order valence-electron chi connectivity index (χ1n) is 7.18. The summed E-state index contributed by atoms with van der Waals surface area (Å²) in [6, 6.07) is 2.19. The molecule has 0 aromatic carbocycles. The average Bonchev–Trinajstić information content (AvgIpc) is 2.99. The number of anilines is 2. The normalized spacial score (nSPS) is 12.5. The second kappa shape index (κ2) is 6.51. The molecule has 0 aliphatic carbocycles. The van der Waals surface area contributed by atoms with Crippen LogP contribution in [-0.2, 0) is 0 Å². The smallest absolute Gasteiger partial charge is 0.257 e. The molecule has 0 spiro atoms. The van der Waals surface area contributed by atoms with E-state index in [2.05, 4.69) is 51.0 Å². The molecule has 1 unspecified atom stereocenters. The number of nitrogens with one attached hydrogen (secondary N) is 1. The van der Waals surface area contributed by atoms with Gasteiger partial charge in [0.2, 0.25) is 11.9 Å². The fourth-order valence-corrected chi connectivity index (χ4v) is 2.15. The van der Waals surface area contributed by atoms with E-state index in [4.69, 9.17) is 0 Å². The highest BCUT2D eigenvalue weighted by atomic mass is 15.4. The average molecular weight is 289 g/mol. The van der Waals surface area contributed by atoms with Crippen LogP contribution in [0.5, 0.6) is 0 Å². The van der Waals surface area contributed by atoms with Crippen LogP contribution in [0, 0.1) is 5.92 Å². The fraction of sp³-hybridized carbons (Fsp3) is 0.571. The van der Waals surface area contributed by atoms with E-state index in [0.29, 0.717) is 29.8 Å². The van der Waals surface area contributed by atoms with E-state index in [1.807, 2.05) is 19.3 Å². The Morgan fingerprint density at radius 3 is 2.57 bits per heavy atom. The number of hydrogen-bond acceptors (Lipinski definition) is 6. The second-order valence-electron chi connectivity index (χ2n) is 5.55. The molecule has 2 heterocycles. The minimum Gasteiger partial charge on any atom is -0.357 e. The molecule has 7 heteroatoms. The van der Waals surface area contributed by atoms with Gasteiger partial charge in [0.05, 0.1) is 0 Å². The highest BCUT2D eigenvalue weighted by molar-refractivity contribution is 5.39. The van der Waals surface area contributed by atoms with Gasteiger partial charge in [0.25, 0.3) is 5.95 Å². The minimum absolute atomic E-state index is 0.350. The van der Waals surface area contributed by atoms with Crippen LogP contribution >= 0.6 is 0 Å². The monoisotopic (exact) mass is 289 g/mol. The van der Waals surface area contributed by atoms with Crippen LogP contribution in [0.4, 0.5) is 11.9 Å². The number of hydrogen-bond donors (Lipinski definition) is 1. The van der Waals surface area contributed by atoms with Gasteiger partial charge in [-0.3, -0.25) is 0 Å². The van der Waals surface area contributed by atoms with Crippen molar-refractivity contribution in [3.05, 3.63) is 18.5 Å². The lowest BCUT2D eigenvalue weighted by atomic mass is 10.0. The summed E-state index contributed by atoms with van der Waals surface area (Å²) in [5, 5.41) is 7.15. The summed E-state index contributed by atoms with van der Waals surface area (Å²) in [6.07, 6.45) is 4.60. The van der Waals surface area contributed by atoms with Gasteiger partial charge in [-0.1, -0.05) is 13.8 Å². The van der Waals surface area contributed by atoms with Crippen molar-refractivity contribution in [1.82, 2.24) is 24.7 Å². The van der Waals surface area contributed by atoms with Crippen LogP contribution in [0.2, 0.25) is 0 Å². The van der Waals surface area contributed by atoms with Crippen LogP contribution in [0.25, 0.3) is 5.95 Å². The maximum atomic E-state index is 4.52. The summed E-state index contributed by atoms with van der Waals surface area (Å²) in [4.78, 5) is 15.4. The third kappa shape index (κ3) is 3.68. The van der Waals surface area contributed by atoms with Crippen molar-refractivity contribution in [3.63, 3.8) is 0 Å². The van der Waals surface area contributed by atoms with Crippen LogP contribution in [0.1, 0.15) is 27.2 Å². The topological polar surface area (TPSA) is 71.8 Å². The van der Waals surface area contributed by atoms with E-state index < -0.39 is 0 Å². The van der Waals surface area contributed by atoms with Crippen molar-refractivity contribution in [2.45, 2.75) is 33.2 Å². The Bertz CT molecular complexity index is 565. The van der Waals surface area contributed by atoms with Crippen LogP contribution in [0.15, 0.2) is 18.5 Å². The Morgan fingerprint density at radius 1 is 1.24 bits per heavy atom. The number of aromatic nitrogens is 5. The Kier molecular flexibility index (Phi) is 4.72. The van der Waals surface area contributed by atoms with E-state index in [1.165, 1.54) is 0 Å². The van der Waals surface area contributed by atoms with Crippen molar-refractivity contribution < 1.29 is 0 Å². The molecule has 0 amide bonds. The van der Waals surface area contributed by atoms with Gasteiger partial charge in [-0.05, 0) is 25.3 Å². The van der Waals surface area contributed by atoms with Crippen molar-refractivity contribution in [3.8, 4) is 5.95 Å². The molecule has 21 heavy (non-hydrogen) atoms. The molecular formula is C14H23N7. The maximum absolute atomic E-state index is 4.52. The molecular weight excluding hydrogens is 266 g/mol. The van der Waals surface area contributed by atoms with Crippen molar-refractivity contribution in [2.24, 2.45) is 5.92 Å². The summed E-state index contributed by atoms with van der Waals surface area (Å²) in [5.41, 5.74) is 0. The highest BCUT2D eigenvalue weighted by Crippen LogP contribution is 2.17. The maximum Gasteiger partial charge on any atom is 0.257 e. The fourth-order valence-electron chi connectivity index (χ4n) is 2.15. The molecule has 114 valence electrons. The Morgan fingerprint density at radius 2 is 2.00 bits per heavy atom. The first kappa shape index (κ1) is 15.2. The summed E-state index contributed by atoms with van der Waals surface area (Å²) in [5.74, 6) is 2.32. The number of nitrogens with zero attached hydrogens (tertiary/aromatic N) is 6. The zero-order chi connectivity index (χ0) is 15.4. The Balaban J connectivity index is 2.32. The molecule has 0 saturated heterocycles. The zero-order valence-corrected chi connectivity index (χ0v) is 13.3. The van der Waals surface area contributed by atoms with Gasteiger partial charge in [0.1, 0.15) is 0 Å². The molecule has 0 bridgehead atoms. The van der Waals surface area contributed by atoms with Crippen LogP contribution in [-0.4, -0.2) is 44.9 Å². The van der Waals surface area contributed by atoms with Gasteiger partial charge in [0, 0.05) is 32.5 Å². The largest absolute Gasteiger partial charge is 0.357 e. The predicted molar refractivity (Wildman–Crippen MR) is 83.8 cm³/mol. The van der Waals surface area contributed by atoms with E-state index in [-0.39, 0.29) is 0 Å². The number of rotatable bonds is 6. The van der Waals surface area contributed by atoms with E-state index in [1.54, 1.807) is 17.9 Å². The lowest BCUT2D eigenvalue weighted by molar-refractivity contribution is 0.499. The van der Waals surface area contributed by atoms with Gasteiger partial charge >= 0.3 is 0 Å². The van der Waals surface area contributed by atoms with Crippen molar-refractivity contribution in [2.75, 3.05) is 24.3 Å². The van der Waals surface area contributed by atoms with Gasteiger partial charge in [-0.2, -0.15) is 20.1 Å². The quantitative estimate of drug-likeness (QED) is 0.876. The summed E-state index contributed by atoms with van der Waals surface area (Å²) in [6.45, 7) is 6.61. The van der Waals surface area contributed by atoms with E-state index in [9.17, 15) is 0 Å². The predicted octanol–water partition coefficient (Wildman–Crippen LogP) is 1.97. The lowest BCUT2D eigenvalue weighted by Crippen LogP contribution is -2.32. The summed E-state index contributed by atoms with van der Waals surface area (Å²) >= 11 is 0. The first-order chi connectivity index (χ1) is 10.0. The Labute approximate surface area is 125 Å². The summed E-state index contributed by atoms with van der Waals surface area (Å²) in [7, 11) is 3.80. The molecule has 0 fully saturated rings. The van der Waals surface area contributed by atoms with Gasteiger partial charge < -0.3 is 10.2 Å². The third-order valence-corrected chi connectivity index (χ3v) is 3.33. The highest BCUT2D eigenvalue weighted by Gasteiger charge is 2.17. The van der Waals surface area contributed by atoms with Crippen LogP contribution in [0.3, 0.4) is 0 Å². The van der Waals surface area contributed by atoms with Gasteiger partial charge in [0.15, 0.2) is 0 Å². The molecule has 0 aliphatic heterocycles. The summed E-state index contributed by atoms with van der Waals surface area (Å²) < 4.78 is 1.63. The SMILES string of the molecule is CNc1nc(N(C)C(C)CC(C)C)nc(-n2cccn2)n1. The molecule has 7 nitrogen and oxygen atoms in total. The van der Waals surface area contributed by atoms with E-state index >= 15 is 0 Å². The molecule has 0 saturated carbocycles. The molecule has 0 radical (unpaired) electrons. The van der Waals surface area contributed by atoms with Crippen LogP contribution < -0.4 is 10.2 Å². The molecule has 1 N–H and O–H groups in total. The zero-order valence-electron chi connectivity index (χ0n) is 13.3. The molecule has 1 atom stereocenters. The first-order valence-corrected chi connectivity index (χ1v) is 7.18. The Hall–Kier alpha value is -2.18. The molecule has 0 aliphatic rings. The lowest BCUT2D eigenvalue weighted by Gasteiger charge is -2.26. The van der Waals surface area contributed by atoms with Gasteiger partial charge in [-0.25, -0.2) is 4.68 Å². The molecule has 2 rings (SSSR count). The van der Waals surface area contributed by atoms with Gasteiger partial charge in [-0.15, -0.1) is 0 Å². The second-order valence-corrected chi connectivity index (χ2v) is 5.55.